The number of nitrogens with zero attached hydrogens (tertiary/aromatic N) is 7. The maximum absolute atomic E-state index is 4.74. The van der Waals surface area contributed by atoms with Gasteiger partial charge in [0, 0.05) is 59.0 Å². The van der Waals surface area contributed by atoms with Crippen LogP contribution in [-0.2, 0) is 13.5 Å². The first-order valence-electron chi connectivity index (χ1n) is 9.08. The van der Waals surface area contributed by atoms with Crippen molar-refractivity contribution in [2.24, 2.45) is 13.0 Å². The molecule has 0 radical (unpaired) electrons. The van der Waals surface area contributed by atoms with Gasteiger partial charge in [0.1, 0.15) is 11.6 Å². The highest BCUT2D eigenvalue weighted by atomic mass is 15.3. The molecular formula is C18H29N7. The molecule has 1 fully saturated rings. The fourth-order valence-corrected chi connectivity index (χ4v) is 3.23. The minimum absolute atomic E-state index is 0.286. The molecule has 0 aliphatic carbocycles. The van der Waals surface area contributed by atoms with E-state index in [1.165, 1.54) is 6.42 Å². The maximum atomic E-state index is 4.74. The fourth-order valence-electron chi connectivity index (χ4n) is 3.23. The second-order valence-corrected chi connectivity index (χ2v) is 7.46. The van der Waals surface area contributed by atoms with Gasteiger partial charge < -0.3 is 14.4 Å². The van der Waals surface area contributed by atoms with Crippen LogP contribution in [0.25, 0.3) is 0 Å². The topological polar surface area (TPSA) is 63.0 Å². The molecule has 0 aromatic carbocycles. The van der Waals surface area contributed by atoms with E-state index in [4.69, 9.17) is 9.97 Å². The highest BCUT2D eigenvalue weighted by molar-refractivity contribution is 5.39. The number of hydrogen-bond donors (Lipinski definition) is 0. The molecule has 136 valence electrons. The van der Waals surface area contributed by atoms with Crippen molar-refractivity contribution < 1.29 is 0 Å². The molecule has 2 aromatic rings. The summed E-state index contributed by atoms with van der Waals surface area (Å²) >= 11 is 0. The summed E-state index contributed by atoms with van der Waals surface area (Å²) in [6.45, 7) is 6.23. The Morgan fingerprint density at radius 3 is 2.68 bits per heavy atom. The van der Waals surface area contributed by atoms with Gasteiger partial charge in [-0.3, -0.25) is 0 Å². The quantitative estimate of drug-likeness (QED) is 0.830. The van der Waals surface area contributed by atoms with Gasteiger partial charge in [-0.2, -0.15) is 15.0 Å². The molecule has 1 aliphatic rings. The average Bonchev–Trinajstić information content (AvgIpc) is 2.99. The lowest BCUT2D eigenvalue weighted by atomic mass is 9.94. The van der Waals surface area contributed by atoms with Gasteiger partial charge in [-0.25, -0.2) is 4.98 Å². The molecule has 25 heavy (non-hydrogen) atoms. The van der Waals surface area contributed by atoms with Crippen molar-refractivity contribution in [3.05, 3.63) is 24.0 Å². The summed E-state index contributed by atoms with van der Waals surface area (Å²) in [6, 6.07) is 0. The summed E-state index contributed by atoms with van der Waals surface area (Å²) in [7, 11) is 6.01. The Morgan fingerprint density at radius 2 is 2.04 bits per heavy atom. The van der Waals surface area contributed by atoms with Crippen LogP contribution in [0.4, 0.5) is 11.9 Å². The van der Waals surface area contributed by atoms with E-state index in [0.29, 0.717) is 5.92 Å². The van der Waals surface area contributed by atoms with Crippen LogP contribution >= 0.6 is 0 Å². The van der Waals surface area contributed by atoms with Gasteiger partial charge in [-0.15, -0.1) is 0 Å². The summed E-state index contributed by atoms with van der Waals surface area (Å²) in [6.07, 6.45) is 7.28. The smallest absolute Gasteiger partial charge is 0.230 e. The number of anilines is 2. The summed E-state index contributed by atoms with van der Waals surface area (Å²) in [5, 5.41) is 0. The lowest BCUT2D eigenvalue weighted by molar-refractivity contribution is 0.399. The molecule has 0 spiro atoms. The number of rotatable bonds is 5. The number of hydrogen-bond acceptors (Lipinski definition) is 6. The Labute approximate surface area is 150 Å². The normalized spacial score (nSPS) is 18.0. The highest BCUT2D eigenvalue weighted by Crippen LogP contribution is 2.25. The van der Waals surface area contributed by atoms with Crippen LogP contribution in [0.2, 0.25) is 0 Å². The van der Waals surface area contributed by atoms with Crippen molar-refractivity contribution in [3.63, 3.8) is 0 Å². The molecule has 0 amide bonds. The molecule has 1 atom stereocenters. The second kappa shape index (κ2) is 7.37. The third-order valence-electron chi connectivity index (χ3n) is 4.74. The third-order valence-corrected chi connectivity index (χ3v) is 4.74. The fraction of sp³-hybridized carbons (Fsp3) is 0.667. The van der Waals surface area contributed by atoms with Crippen molar-refractivity contribution in [1.29, 1.82) is 0 Å². The Hall–Kier alpha value is -2.18. The van der Waals surface area contributed by atoms with Gasteiger partial charge in [0.25, 0.3) is 0 Å². The van der Waals surface area contributed by atoms with Crippen molar-refractivity contribution in [3.8, 4) is 0 Å². The van der Waals surface area contributed by atoms with Crippen LogP contribution in [0.3, 0.4) is 0 Å². The zero-order chi connectivity index (χ0) is 18.0. The Morgan fingerprint density at radius 1 is 1.24 bits per heavy atom. The average molecular weight is 343 g/mol. The number of aryl methyl sites for hydroxylation is 1. The zero-order valence-corrected chi connectivity index (χ0v) is 16.0. The van der Waals surface area contributed by atoms with Gasteiger partial charge in [0.15, 0.2) is 0 Å². The van der Waals surface area contributed by atoms with Crippen LogP contribution in [0.1, 0.15) is 44.3 Å². The van der Waals surface area contributed by atoms with Gasteiger partial charge in [-0.05, 0) is 18.8 Å². The Kier molecular flexibility index (Phi) is 5.20. The summed E-state index contributed by atoms with van der Waals surface area (Å²) in [4.78, 5) is 22.8. The highest BCUT2D eigenvalue weighted by Gasteiger charge is 2.24. The van der Waals surface area contributed by atoms with Crippen LogP contribution in [0, 0.1) is 5.92 Å². The standard InChI is InChI=1S/C18H29N7/c1-13(2)16-20-17(23(3)4)22-18(21-16)25-9-6-7-14(12-25)11-15-19-8-10-24(15)5/h8,10,13-14H,6-7,9,11-12H2,1-5H3. The predicted molar refractivity (Wildman–Crippen MR) is 100 cm³/mol. The molecular weight excluding hydrogens is 314 g/mol. The molecule has 1 saturated heterocycles. The molecule has 7 nitrogen and oxygen atoms in total. The van der Waals surface area contributed by atoms with E-state index in [1.54, 1.807) is 0 Å². The predicted octanol–water partition coefficient (Wildman–Crippen LogP) is 2.25. The molecule has 2 aromatic heterocycles. The Balaban J connectivity index is 1.79. The monoisotopic (exact) mass is 343 g/mol. The first-order valence-corrected chi connectivity index (χ1v) is 9.08. The van der Waals surface area contributed by atoms with E-state index in [1.807, 2.05) is 31.4 Å². The number of aromatic nitrogens is 5. The largest absolute Gasteiger partial charge is 0.347 e. The molecule has 7 heteroatoms. The van der Waals surface area contributed by atoms with Crippen molar-refractivity contribution in [1.82, 2.24) is 24.5 Å². The molecule has 3 rings (SSSR count). The van der Waals surface area contributed by atoms with E-state index in [9.17, 15) is 0 Å². The van der Waals surface area contributed by atoms with Crippen molar-refractivity contribution in [2.75, 3.05) is 37.0 Å². The second-order valence-electron chi connectivity index (χ2n) is 7.46. The van der Waals surface area contributed by atoms with Crippen molar-refractivity contribution in [2.45, 2.75) is 39.0 Å². The number of imidazole rings is 1. The summed E-state index contributed by atoms with van der Waals surface area (Å²) in [5.74, 6) is 4.43. The zero-order valence-electron chi connectivity index (χ0n) is 16.0. The third kappa shape index (κ3) is 4.08. The van der Waals surface area contributed by atoms with E-state index >= 15 is 0 Å². The minimum atomic E-state index is 0.286. The van der Waals surface area contributed by atoms with E-state index in [0.717, 1.165) is 49.5 Å². The van der Waals surface area contributed by atoms with Crippen LogP contribution in [-0.4, -0.2) is 51.7 Å². The number of piperidine rings is 1. The molecule has 0 N–H and O–H groups in total. The van der Waals surface area contributed by atoms with Gasteiger partial charge in [0.05, 0.1) is 0 Å². The lowest BCUT2D eigenvalue weighted by Gasteiger charge is -2.33. The molecule has 3 heterocycles. The lowest BCUT2D eigenvalue weighted by Crippen LogP contribution is -2.38. The van der Waals surface area contributed by atoms with E-state index in [2.05, 4.69) is 40.3 Å². The SMILES string of the molecule is CC(C)c1nc(N(C)C)nc(N2CCCC(Cc3nccn3C)C2)n1. The minimum Gasteiger partial charge on any atom is -0.347 e. The first kappa shape index (κ1) is 17.6. The molecule has 1 unspecified atom stereocenters. The molecule has 0 saturated carbocycles. The van der Waals surface area contributed by atoms with Gasteiger partial charge in [-0.1, -0.05) is 13.8 Å². The maximum Gasteiger partial charge on any atom is 0.230 e. The first-order chi connectivity index (χ1) is 11.9. The molecule has 1 aliphatic heterocycles. The van der Waals surface area contributed by atoms with E-state index in [-0.39, 0.29) is 5.92 Å². The summed E-state index contributed by atoms with van der Waals surface area (Å²) < 4.78 is 2.11. The van der Waals surface area contributed by atoms with Crippen LogP contribution < -0.4 is 9.80 Å². The van der Waals surface area contributed by atoms with Crippen LogP contribution in [0.5, 0.6) is 0 Å². The van der Waals surface area contributed by atoms with Crippen molar-refractivity contribution >= 4 is 11.9 Å². The molecule has 0 bridgehead atoms. The van der Waals surface area contributed by atoms with E-state index < -0.39 is 0 Å². The van der Waals surface area contributed by atoms with Gasteiger partial charge >= 0.3 is 0 Å². The van der Waals surface area contributed by atoms with Gasteiger partial charge in [0.2, 0.25) is 11.9 Å². The Bertz CT molecular complexity index is 681. The van der Waals surface area contributed by atoms with Crippen LogP contribution in [0.15, 0.2) is 12.4 Å². The summed E-state index contributed by atoms with van der Waals surface area (Å²) in [5.41, 5.74) is 0.